The Labute approximate surface area is 88.4 Å². The molecular weight excluding hydrogens is 200 g/mol. The Hall–Kier alpha value is -1.43. The van der Waals surface area contributed by atoms with Crippen molar-refractivity contribution >= 4 is 18.3 Å². The molecule has 0 bridgehead atoms. The number of nitrogens with two attached hydrogens (primary N) is 1. The van der Waals surface area contributed by atoms with Gasteiger partial charge in [0, 0.05) is 19.5 Å². The van der Waals surface area contributed by atoms with E-state index >= 15 is 0 Å². The van der Waals surface area contributed by atoms with Gasteiger partial charge < -0.3 is 10.5 Å². The smallest absolute Gasteiger partial charge is 0.307 e. The van der Waals surface area contributed by atoms with E-state index in [1.807, 2.05) is 0 Å². The van der Waals surface area contributed by atoms with Gasteiger partial charge in [-0.2, -0.15) is 0 Å². The summed E-state index contributed by atoms with van der Waals surface area (Å²) < 4.78 is 4.68. The molecule has 6 heteroatoms. The quantitative estimate of drug-likeness (QED) is 0.447. The summed E-state index contributed by atoms with van der Waals surface area (Å²) in [7, 11) is 0. The molecule has 2 amide bonds. The number of amides is 2. The highest BCUT2D eigenvalue weighted by atomic mass is 16.5. The largest absolute Gasteiger partial charge is 0.464 e. The molecule has 0 aromatic carbocycles. The Morgan fingerprint density at radius 3 is 2.60 bits per heavy atom. The lowest BCUT2D eigenvalue weighted by molar-refractivity contribution is -0.145. The summed E-state index contributed by atoms with van der Waals surface area (Å²) >= 11 is 0. The first kappa shape index (κ1) is 13.6. The van der Waals surface area contributed by atoms with E-state index in [0.29, 0.717) is 6.41 Å². The van der Waals surface area contributed by atoms with E-state index in [1.54, 1.807) is 6.92 Å². The summed E-state index contributed by atoms with van der Waals surface area (Å²) in [5, 5.41) is 0. The lowest BCUT2D eigenvalue weighted by atomic mass is 10.3. The summed E-state index contributed by atoms with van der Waals surface area (Å²) in [5.41, 5.74) is 5.13. The van der Waals surface area contributed by atoms with Crippen LogP contribution in [0.3, 0.4) is 0 Å². The molecular formula is C9H16N2O4. The highest BCUT2D eigenvalue weighted by Crippen LogP contribution is 1.94. The number of rotatable bonds is 7. The van der Waals surface area contributed by atoms with Crippen molar-refractivity contribution in [2.24, 2.45) is 5.73 Å². The Morgan fingerprint density at radius 2 is 2.13 bits per heavy atom. The number of esters is 1. The lowest BCUT2D eigenvalue weighted by Crippen LogP contribution is -2.31. The van der Waals surface area contributed by atoms with Gasteiger partial charge in [-0.25, -0.2) is 0 Å². The minimum atomic E-state index is -0.462. The second kappa shape index (κ2) is 7.93. The molecule has 15 heavy (non-hydrogen) atoms. The molecule has 0 rings (SSSR count). The van der Waals surface area contributed by atoms with E-state index in [2.05, 4.69) is 4.74 Å². The van der Waals surface area contributed by atoms with Gasteiger partial charge in [-0.15, -0.1) is 0 Å². The third-order valence-electron chi connectivity index (χ3n) is 1.69. The van der Waals surface area contributed by atoms with E-state index in [9.17, 15) is 14.4 Å². The third kappa shape index (κ3) is 5.79. The molecule has 0 atom stereocenters. The second-order valence-corrected chi connectivity index (χ2v) is 2.81. The van der Waals surface area contributed by atoms with Gasteiger partial charge in [-0.3, -0.25) is 19.3 Å². The Kier molecular flexibility index (Phi) is 7.17. The minimum Gasteiger partial charge on any atom is -0.464 e. The number of nitrogens with zero attached hydrogens (tertiary/aromatic N) is 1. The van der Waals surface area contributed by atoms with Crippen LogP contribution in [0, 0.1) is 0 Å². The highest BCUT2D eigenvalue weighted by Gasteiger charge is 2.12. The summed E-state index contributed by atoms with van der Waals surface area (Å²) in [5.74, 6) is -0.771. The van der Waals surface area contributed by atoms with Crippen LogP contribution in [0.25, 0.3) is 0 Å². The molecule has 0 heterocycles. The van der Waals surface area contributed by atoms with Gasteiger partial charge >= 0.3 is 5.97 Å². The summed E-state index contributed by atoms with van der Waals surface area (Å²) in [6, 6.07) is 0. The van der Waals surface area contributed by atoms with Gasteiger partial charge in [0.1, 0.15) is 6.61 Å². The van der Waals surface area contributed by atoms with Crippen molar-refractivity contribution in [2.45, 2.75) is 19.8 Å². The van der Waals surface area contributed by atoms with Crippen LogP contribution in [0.15, 0.2) is 0 Å². The average Bonchev–Trinajstić information content (AvgIpc) is 2.26. The SMILES string of the molecule is CCC(=O)N(C=O)CCC(=O)OCCN. The number of ether oxygens (including phenoxy) is 1. The molecule has 0 aromatic rings. The van der Waals surface area contributed by atoms with Crippen LogP contribution in [-0.2, 0) is 19.1 Å². The summed E-state index contributed by atoms with van der Waals surface area (Å²) in [4.78, 5) is 33.5. The predicted octanol–water partition coefficient (Wildman–Crippen LogP) is -0.727. The van der Waals surface area contributed by atoms with Gasteiger partial charge in [-0.1, -0.05) is 6.92 Å². The fraction of sp³-hybridized carbons (Fsp3) is 0.667. The fourth-order valence-corrected chi connectivity index (χ4v) is 0.896. The predicted molar refractivity (Wildman–Crippen MR) is 52.7 cm³/mol. The van der Waals surface area contributed by atoms with Crippen LogP contribution in [0.5, 0.6) is 0 Å². The lowest BCUT2D eigenvalue weighted by Gasteiger charge is -2.13. The van der Waals surface area contributed by atoms with Crippen molar-refractivity contribution in [1.82, 2.24) is 4.90 Å². The Morgan fingerprint density at radius 1 is 1.47 bits per heavy atom. The molecule has 0 aromatic heterocycles. The van der Waals surface area contributed by atoms with Gasteiger partial charge in [0.25, 0.3) is 0 Å². The maximum Gasteiger partial charge on any atom is 0.307 e. The van der Waals surface area contributed by atoms with Crippen molar-refractivity contribution < 1.29 is 19.1 Å². The molecule has 0 aliphatic carbocycles. The first-order valence-electron chi connectivity index (χ1n) is 4.76. The molecule has 2 N–H and O–H groups in total. The van der Waals surface area contributed by atoms with Crippen LogP contribution in [0.4, 0.5) is 0 Å². The van der Waals surface area contributed by atoms with Crippen molar-refractivity contribution in [3.63, 3.8) is 0 Å². The molecule has 0 unspecified atom stereocenters. The zero-order chi connectivity index (χ0) is 11.7. The first-order valence-corrected chi connectivity index (χ1v) is 4.76. The monoisotopic (exact) mass is 216 g/mol. The topological polar surface area (TPSA) is 89.7 Å². The van der Waals surface area contributed by atoms with Gasteiger partial charge in [0.2, 0.25) is 12.3 Å². The van der Waals surface area contributed by atoms with E-state index in [-0.39, 0.29) is 38.4 Å². The van der Waals surface area contributed by atoms with Gasteiger partial charge in [0.15, 0.2) is 0 Å². The van der Waals surface area contributed by atoms with Crippen molar-refractivity contribution in [1.29, 1.82) is 0 Å². The Bertz CT molecular complexity index is 230. The number of carbonyl (C=O) groups excluding carboxylic acids is 3. The van der Waals surface area contributed by atoms with Crippen LogP contribution >= 0.6 is 0 Å². The standard InChI is InChI=1S/C9H16N2O4/c1-2-8(13)11(7-12)5-3-9(14)15-6-4-10/h7H,2-6,10H2,1H3. The maximum atomic E-state index is 11.1. The van der Waals surface area contributed by atoms with Crippen LogP contribution in [-0.4, -0.2) is 42.9 Å². The highest BCUT2D eigenvalue weighted by molar-refractivity contribution is 5.86. The molecule has 0 radical (unpaired) electrons. The molecule has 0 saturated carbocycles. The molecule has 0 aliphatic rings. The molecule has 0 saturated heterocycles. The number of carbonyl (C=O) groups is 3. The van der Waals surface area contributed by atoms with Crippen molar-refractivity contribution in [2.75, 3.05) is 19.7 Å². The maximum absolute atomic E-state index is 11.1. The number of imide groups is 1. The van der Waals surface area contributed by atoms with Crippen LogP contribution < -0.4 is 5.73 Å². The van der Waals surface area contributed by atoms with E-state index in [4.69, 9.17) is 5.73 Å². The Balaban J connectivity index is 3.85. The average molecular weight is 216 g/mol. The van der Waals surface area contributed by atoms with E-state index in [1.165, 1.54) is 0 Å². The third-order valence-corrected chi connectivity index (χ3v) is 1.69. The van der Waals surface area contributed by atoms with Crippen molar-refractivity contribution in [3.8, 4) is 0 Å². The number of hydrogen-bond acceptors (Lipinski definition) is 5. The second-order valence-electron chi connectivity index (χ2n) is 2.81. The van der Waals surface area contributed by atoms with Crippen LogP contribution in [0.2, 0.25) is 0 Å². The van der Waals surface area contributed by atoms with Gasteiger partial charge in [0.05, 0.1) is 6.42 Å². The van der Waals surface area contributed by atoms with E-state index in [0.717, 1.165) is 4.90 Å². The van der Waals surface area contributed by atoms with E-state index < -0.39 is 5.97 Å². The number of hydrogen-bond donors (Lipinski definition) is 1. The fourth-order valence-electron chi connectivity index (χ4n) is 0.896. The summed E-state index contributed by atoms with van der Waals surface area (Å²) in [6.07, 6.45) is 0.656. The minimum absolute atomic E-state index is 0.00444. The molecule has 0 aliphatic heterocycles. The van der Waals surface area contributed by atoms with Crippen LogP contribution in [0.1, 0.15) is 19.8 Å². The van der Waals surface area contributed by atoms with Gasteiger partial charge in [-0.05, 0) is 0 Å². The first-order chi connectivity index (χ1) is 7.15. The summed E-state index contributed by atoms with van der Waals surface area (Å²) in [6.45, 7) is 2.11. The van der Waals surface area contributed by atoms with Crippen molar-refractivity contribution in [3.05, 3.63) is 0 Å². The normalized spacial score (nSPS) is 9.47. The molecule has 0 spiro atoms. The molecule has 0 fully saturated rings. The molecule has 6 nitrogen and oxygen atoms in total. The zero-order valence-electron chi connectivity index (χ0n) is 8.77. The molecule has 86 valence electrons. The zero-order valence-corrected chi connectivity index (χ0v) is 8.77.